The summed E-state index contributed by atoms with van der Waals surface area (Å²) in [6.07, 6.45) is 2.15. The van der Waals surface area contributed by atoms with Gasteiger partial charge in [0.25, 0.3) is 0 Å². The van der Waals surface area contributed by atoms with Gasteiger partial charge >= 0.3 is 0 Å². The average Bonchev–Trinajstić information content (AvgIpc) is 2.76. The molecule has 18 heavy (non-hydrogen) atoms. The lowest BCUT2D eigenvalue weighted by atomic mass is 10.1. The van der Waals surface area contributed by atoms with Gasteiger partial charge < -0.3 is 14.6 Å². The molecule has 0 aliphatic rings. The standard InChI is InChI=1S/C14H24N2O2/c1-5-16(11-12-7-6-10-18-12)13(17)8-9-15-14(2,3)4/h6-7,10,15H,5,8-9,11H2,1-4H3. The molecule has 4 heteroatoms. The number of nitrogens with one attached hydrogen (secondary N) is 1. The SMILES string of the molecule is CCN(Cc1ccco1)C(=O)CCNC(C)(C)C. The molecule has 0 saturated carbocycles. The zero-order valence-corrected chi connectivity index (χ0v) is 11.8. The molecule has 1 heterocycles. The number of carbonyl (C=O) groups excluding carboxylic acids is 1. The number of nitrogens with zero attached hydrogens (tertiary/aromatic N) is 1. The second-order valence-corrected chi connectivity index (χ2v) is 5.41. The Morgan fingerprint density at radius 3 is 2.67 bits per heavy atom. The molecule has 1 N–H and O–H groups in total. The van der Waals surface area contributed by atoms with E-state index in [2.05, 4.69) is 26.1 Å². The van der Waals surface area contributed by atoms with Crippen LogP contribution in [0.2, 0.25) is 0 Å². The molecule has 1 rings (SSSR count). The summed E-state index contributed by atoms with van der Waals surface area (Å²) in [6, 6.07) is 3.73. The van der Waals surface area contributed by atoms with Crippen molar-refractivity contribution in [2.24, 2.45) is 0 Å². The highest BCUT2D eigenvalue weighted by molar-refractivity contribution is 5.76. The molecule has 0 unspecified atom stereocenters. The predicted octanol–water partition coefficient (Wildman–Crippen LogP) is 2.41. The first-order valence-corrected chi connectivity index (χ1v) is 6.47. The third kappa shape index (κ3) is 5.36. The minimum absolute atomic E-state index is 0.0539. The molecule has 1 aromatic rings. The molecular formula is C14H24N2O2. The Labute approximate surface area is 109 Å². The van der Waals surface area contributed by atoms with Crippen molar-refractivity contribution in [2.75, 3.05) is 13.1 Å². The van der Waals surface area contributed by atoms with Gasteiger partial charge in [-0.05, 0) is 39.8 Å². The predicted molar refractivity (Wildman–Crippen MR) is 72.2 cm³/mol. The van der Waals surface area contributed by atoms with Crippen LogP contribution in [0.25, 0.3) is 0 Å². The Bertz CT molecular complexity index is 352. The van der Waals surface area contributed by atoms with Gasteiger partial charge in [-0.2, -0.15) is 0 Å². The Morgan fingerprint density at radius 1 is 1.44 bits per heavy atom. The normalized spacial score (nSPS) is 11.6. The zero-order chi connectivity index (χ0) is 13.6. The largest absolute Gasteiger partial charge is 0.467 e. The second kappa shape index (κ2) is 6.59. The summed E-state index contributed by atoms with van der Waals surface area (Å²) < 4.78 is 5.27. The number of furan rings is 1. The molecule has 0 aromatic carbocycles. The van der Waals surface area contributed by atoms with E-state index in [0.29, 0.717) is 26.1 Å². The van der Waals surface area contributed by atoms with Gasteiger partial charge in [-0.15, -0.1) is 0 Å². The van der Waals surface area contributed by atoms with Gasteiger partial charge in [0.1, 0.15) is 5.76 Å². The summed E-state index contributed by atoms with van der Waals surface area (Å²) in [7, 11) is 0. The molecule has 102 valence electrons. The van der Waals surface area contributed by atoms with Crippen LogP contribution in [0.1, 0.15) is 39.9 Å². The first-order chi connectivity index (χ1) is 8.42. The smallest absolute Gasteiger partial charge is 0.224 e. The van der Waals surface area contributed by atoms with Gasteiger partial charge in [0.2, 0.25) is 5.91 Å². The number of hydrogen-bond acceptors (Lipinski definition) is 3. The van der Waals surface area contributed by atoms with Gasteiger partial charge in [0.05, 0.1) is 12.8 Å². The minimum atomic E-state index is 0.0539. The van der Waals surface area contributed by atoms with E-state index in [1.807, 2.05) is 24.0 Å². The summed E-state index contributed by atoms with van der Waals surface area (Å²) >= 11 is 0. The summed E-state index contributed by atoms with van der Waals surface area (Å²) in [5.41, 5.74) is 0.0539. The van der Waals surface area contributed by atoms with E-state index < -0.39 is 0 Å². The molecule has 1 amide bonds. The van der Waals surface area contributed by atoms with Crippen molar-refractivity contribution < 1.29 is 9.21 Å². The maximum atomic E-state index is 12.0. The molecule has 0 aliphatic heterocycles. The van der Waals surface area contributed by atoms with Crippen LogP contribution in [0.15, 0.2) is 22.8 Å². The fraction of sp³-hybridized carbons (Fsp3) is 0.643. The molecule has 0 aliphatic carbocycles. The highest BCUT2D eigenvalue weighted by Gasteiger charge is 2.15. The molecule has 0 bridgehead atoms. The fourth-order valence-electron chi connectivity index (χ4n) is 1.67. The van der Waals surface area contributed by atoms with E-state index in [4.69, 9.17) is 4.42 Å². The van der Waals surface area contributed by atoms with Crippen molar-refractivity contribution in [1.82, 2.24) is 10.2 Å². The van der Waals surface area contributed by atoms with Crippen LogP contribution in [0.3, 0.4) is 0 Å². The Kier molecular flexibility index (Phi) is 5.41. The van der Waals surface area contributed by atoms with Crippen molar-refractivity contribution in [3.63, 3.8) is 0 Å². The van der Waals surface area contributed by atoms with Crippen LogP contribution in [0.5, 0.6) is 0 Å². The van der Waals surface area contributed by atoms with Crippen molar-refractivity contribution in [2.45, 2.75) is 46.2 Å². The van der Waals surface area contributed by atoms with Gasteiger partial charge in [0.15, 0.2) is 0 Å². The molecular weight excluding hydrogens is 228 g/mol. The first kappa shape index (κ1) is 14.8. The van der Waals surface area contributed by atoms with E-state index in [1.165, 1.54) is 0 Å². The van der Waals surface area contributed by atoms with Crippen LogP contribution in [-0.4, -0.2) is 29.4 Å². The third-order valence-corrected chi connectivity index (χ3v) is 2.66. The highest BCUT2D eigenvalue weighted by atomic mass is 16.3. The lowest BCUT2D eigenvalue weighted by molar-refractivity contribution is -0.131. The summed E-state index contributed by atoms with van der Waals surface area (Å²) in [6.45, 7) is 10.2. The molecule has 0 saturated heterocycles. The average molecular weight is 252 g/mol. The highest BCUT2D eigenvalue weighted by Crippen LogP contribution is 2.07. The van der Waals surface area contributed by atoms with Crippen molar-refractivity contribution in [3.8, 4) is 0 Å². The fourth-order valence-corrected chi connectivity index (χ4v) is 1.67. The third-order valence-electron chi connectivity index (χ3n) is 2.66. The summed E-state index contributed by atoms with van der Waals surface area (Å²) in [5.74, 6) is 0.986. The van der Waals surface area contributed by atoms with E-state index >= 15 is 0 Å². The van der Waals surface area contributed by atoms with Crippen LogP contribution < -0.4 is 5.32 Å². The molecule has 1 aromatic heterocycles. The summed E-state index contributed by atoms with van der Waals surface area (Å²) in [5, 5.41) is 3.32. The quantitative estimate of drug-likeness (QED) is 0.845. The Morgan fingerprint density at radius 2 is 2.17 bits per heavy atom. The second-order valence-electron chi connectivity index (χ2n) is 5.41. The number of amides is 1. The lowest BCUT2D eigenvalue weighted by Crippen LogP contribution is -2.39. The minimum Gasteiger partial charge on any atom is -0.467 e. The number of rotatable bonds is 6. The molecule has 0 radical (unpaired) electrons. The first-order valence-electron chi connectivity index (χ1n) is 6.47. The lowest BCUT2D eigenvalue weighted by Gasteiger charge is -2.23. The van der Waals surface area contributed by atoms with Crippen LogP contribution >= 0.6 is 0 Å². The van der Waals surface area contributed by atoms with Gasteiger partial charge in [-0.3, -0.25) is 4.79 Å². The maximum Gasteiger partial charge on any atom is 0.224 e. The van der Waals surface area contributed by atoms with Gasteiger partial charge in [-0.25, -0.2) is 0 Å². The maximum absolute atomic E-state index is 12.0. The molecule has 0 spiro atoms. The van der Waals surface area contributed by atoms with Gasteiger partial charge in [0, 0.05) is 25.0 Å². The topological polar surface area (TPSA) is 45.5 Å². The summed E-state index contributed by atoms with van der Waals surface area (Å²) in [4.78, 5) is 13.8. The van der Waals surface area contributed by atoms with Gasteiger partial charge in [-0.1, -0.05) is 0 Å². The monoisotopic (exact) mass is 252 g/mol. The number of carbonyl (C=O) groups is 1. The molecule has 0 fully saturated rings. The molecule has 4 nitrogen and oxygen atoms in total. The van der Waals surface area contributed by atoms with E-state index in [1.54, 1.807) is 6.26 Å². The van der Waals surface area contributed by atoms with Crippen LogP contribution in [-0.2, 0) is 11.3 Å². The Balaban J connectivity index is 2.38. The van der Waals surface area contributed by atoms with E-state index in [9.17, 15) is 4.79 Å². The van der Waals surface area contributed by atoms with Crippen LogP contribution in [0.4, 0.5) is 0 Å². The number of hydrogen-bond donors (Lipinski definition) is 1. The van der Waals surface area contributed by atoms with Crippen LogP contribution in [0, 0.1) is 0 Å². The van der Waals surface area contributed by atoms with E-state index in [0.717, 1.165) is 5.76 Å². The van der Waals surface area contributed by atoms with Crippen molar-refractivity contribution in [1.29, 1.82) is 0 Å². The Hall–Kier alpha value is -1.29. The zero-order valence-electron chi connectivity index (χ0n) is 11.8. The van der Waals surface area contributed by atoms with Crippen molar-refractivity contribution in [3.05, 3.63) is 24.2 Å². The van der Waals surface area contributed by atoms with E-state index in [-0.39, 0.29) is 11.4 Å². The van der Waals surface area contributed by atoms with Crippen molar-refractivity contribution >= 4 is 5.91 Å². The molecule has 0 atom stereocenters.